The largest absolute Gasteiger partial charge is 0.395 e. The zero-order valence-corrected chi connectivity index (χ0v) is 10.2. The molecule has 104 valence electrons. The van der Waals surface area contributed by atoms with Crippen LogP contribution in [0.4, 0.5) is 5.95 Å². The van der Waals surface area contributed by atoms with Crippen molar-refractivity contribution >= 4 is 5.95 Å². The van der Waals surface area contributed by atoms with Crippen LogP contribution in [0.1, 0.15) is 5.56 Å². The van der Waals surface area contributed by atoms with Gasteiger partial charge in [-0.2, -0.15) is 0 Å². The average molecular weight is 267 g/mol. The van der Waals surface area contributed by atoms with E-state index in [0.29, 0.717) is 17.9 Å². The third-order valence-electron chi connectivity index (χ3n) is 2.90. The number of H-pyrrole nitrogens is 1. The number of fused-ring (bicyclic) bond motifs is 1. The Kier molecular flexibility index (Phi) is 4.27. The maximum absolute atomic E-state index is 9.47. The van der Waals surface area contributed by atoms with Gasteiger partial charge in [0.1, 0.15) is 11.4 Å². The van der Waals surface area contributed by atoms with E-state index in [0.717, 1.165) is 5.56 Å². The van der Waals surface area contributed by atoms with E-state index >= 15 is 0 Å². The summed E-state index contributed by atoms with van der Waals surface area (Å²) in [5.74, 6) is 0.288. The predicted octanol–water partition coefficient (Wildman–Crippen LogP) is -1.70. The van der Waals surface area contributed by atoms with Crippen LogP contribution in [0, 0.1) is 0 Å². The molecule has 0 amide bonds. The molecule has 7 N–H and O–H groups in total. The standard InChI is InChI=1S/C11H17N5O3/c12-11-15-3-7-10(16-11)6(1-13-7)2-14-8(4-17)9(19)5-18/h1,3,8-9,14,17-19H,2,4-5H2,(H3,12,15,16)/t8-,9-/m1/s1. The van der Waals surface area contributed by atoms with Crippen LogP contribution >= 0.6 is 0 Å². The fourth-order valence-electron chi connectivity index (χ4n) is 1.78. The average Bonchev–Trinajstić information content (AvgIpc) is 2.81. The Morgan fingerprint density at radius 2 is 2.16 bits per heavy atom. The van der Waals surface area contributed by atoms with Crippen molar-refractivity contribution in [3.8, 4) is 11.4 Å². The molecule has 0 spiro atoms. The van der Waals surface area contributed by atoms with Crippen molar-refractivity contribution in [2.24, 2.45) is 0 Å². The van der Waals surface area contributed by atoms with Crippen LogP contribution in [0.5, 0.6) is 0 Å². The molecule has 0 saturated heterocycles. The maximum atomic E-state index is 9.47. The number of aliphatic hydroxyl groups excluding tert-OH is 3. The second-order valence-corrected chi connectivity index (χ2v) is 4.22. The van der Waals surface area contributed by atoms with Crippen molar-refractivity contribution in [3.63, 3.8) is 0 Å². The topological polar surface area (TPSA) is 140 Å². The summed E-state index contributed by atoms with van der Waals surface area (Å²) in [5.41, 5.74) is 7.74. The Labute approximate surface area is 109 Å². The molecule has 0 aromatic heterocycles. The lowest BCUT2D eigenvalue weighted by Crippen LogP contribution is -2.44. The van der Waals surface area contributed by atoms with E-state index in [1.165, 1.54) is 0 Å². The van der Waals surface area contributed by atoms with E-state index in [2.05, 4.69) is 20.3 Å². The number of rotatable bonds is 6. The van der Waals surface area contributed by atoms with E-state index in [9.17, 15) is 5.11 Å². The molecule has 0 bridgehead atoms. The van der Waals surface area contributed by atoms with Gasteiger partial charge >= 0.3 is 0 Å². The number of nitrogens with zero attached hydrogens (tertiary/aromatic N) is 2. The van der Waals surface area contributed by atoms with Crippen molar-refractivity contribution in [2.45, 2.75) is 18.7 Å². The molecular weight excluding hydrogens is 250 g/mol. The lowest BCUT2D eigenvalue weighted by atomic mass is 10.1. The quantitative estimate of drug-likeness (QED) is 0.366. The number of aromatic nitrogens is 3. The van der Waals surface area contributed by atoms with Gasteiger partial charge in [-0.15, -0.1) is 0 Å². The molecule has 0 radical (unpaired) electrons. The smallest absolute Gasteiger partial charge is 0.198 e. The molecular formula is C11H17N5O3. The van der Waals surface area contributed by atoms with Crippen molar-refractivity contribution in [1.82, 2.24) is 20.3 Å². The van der Waals surface area contributed by atoms with Crippen LogP contribution in [0.3, 0.4) is 0 Å². The number of hydrogen-bond donors (Lipinski definition) is 6. The lowest BCUT2D eigenvalue weighted by molar-refractivity contribution is 0.0410. The number of anilines is 1. The number of aliphatic hydroxyl groups is 3. The van der Waals surface area contributed by atoms with E-state index in [1.54, 1.807) is 12.4 Å². The summed E-state index contributed by atoms with van der Waals surface area (Å²) in [5, 5.41) is 30.4. The SMILES string of the molecule is Nc1nc2c(CN[C@H](CO)[C@H](O)CO)cnc-2c[nH]1. The number of hydrogen-bond acceptors (Lipinski definition) is 7. The highest BCUT2D eigenvalue weighted by atomic mass is 16.3. The van der Waals surface area contributed by atoms with E-state index < -0.39 is 18.8 Å². The van der Waals surface area contributed by atoms with Crippen LogP contribution in [-0.4, -0.2) is 55.6 Å². The van der Waals surface area contributed by atoms with E-state index in [1.807, 2.05) is 0 Å². The third kappa shape index (κ3) is 2.99. The molecule has 0 unspecified atom stereocenters. The fourth-order valence-corrected chi connectivity index (χ4v) is 1.78. The van der Waals surface area contributed by atoms with Gasteiger partial charge in [-0.1, -0.05) is 0 Å². The van der Waals surface area contributed by atoms with Gasteiger partial charge in [0.25, 0.3) is 0 Å². The molecule has 2 atom stereocenters. The van der Waals surface area contributed by atoms with Crippen LogP contribution < -0.4 is 11.1 Å². The predicted molar refractivity (Wildman–Crippen MR) is 68.2 cm³/mol. The van der Waals surface area contributed by atoms with Crippen LogP contribution in [0.2, 0.25) is 0 Å². The van der Waals surface area contributed by atoms with Crippen LogP contribution in [0.15, 0.2) is 12.4 Å². The molecule has 2 aliphatic rings. The van der Waals surface area contributed by atoms with Gasteiger partial charge in [0.05, 0.1) is 25.4 Å². The molecule has 0 aliphatic carbocycles. The molecule has 0 aromatic rings. The van der Waals surface area contributed by atoms with Crippen LogP contribution in [0.25, 0.3) is 11.4 Å². The first-order chi connectivity index (χ1) is 9.15. The molecule has 2 aliphatic heterocycles. The summed E-state index contributed by atoms with van der Waals surface area (Å²) in [7, 11) is 0. The van der Waals surface area contributed by atoms with Crippen molar-refractivity contribution in [3.05, 3.63) is 18.0 Å². The van der Waals surface area contributed by atoms with Crippen molar-refractivity contribution < 1.29 is 15.3 Å². The third-order valence-corrected chi connectivity index (χ3v) is 2.90. The highest BCUT2D eigenvalue weighted by Gasteiger charge is 2.19. The normalized spacial score (nSPS) is 14.7. The first-order valence-electron chi connectivity index (χ1n) is 5.87. The highest BCUT2D eigenvalue weighted by Crippen LogP contribution is 2.22. The monoisotopic (exact) mass is 267 g/mol. The van der Waals surface area contributed by atoms with Gasteiger partial charge in [0, 0.05) is 24.5 Å². The minimum atomic E-state index is -1.02. The highest BCUT2D eigenvalue weighted by molar-refractivity contribution is 5.61. The summed E-state index contributed by atoms with van der Waals surface area (Å²) in [6.07, 6.45) is 2.29. The Morgan fingerprint density at radius 1 is 1.37 bits per heavy atom. The molecule has 8 heteroatoms. The van der Waals surface area contributed by atoms with Crippen molar-refractivity contribution in [2.75, 3.05) is 18.9 Å². The summed E-state index contributed by atoms with van der Waals surface area (Å²) in [4.78, 5) is 11.1. The van der Waals surface area contributed by atoms with E-state index in [4.69, 9.17) is 15.9 Å². The lowest BCUT2D eigenvalue weighted by Gasteiger charge is -2.20. The summed E-state index contributed by atoms with van der Waals surface area (Å²) >= 11 is 0. The minimum absolute atomic E-state index is 0.281. The Balaban J connectivity index is 2.07. The van der Waals surface area contributed by atoms with E-state index in [-0.39, 0.29) is 12.6 Å². The van der Waals surface area contributed by atoms with Gasteiger partial charge < -0.3 is 31.4 Å². The first kappa shape index (κ1) is 13.7. The molecule has 0 saturated carbocycles. The van der Waals surface area contributed by atoms with Crippen molar-refractivity contribution in [1.29, 1.82) is 0 Å². The number of nitrogens with one attached hydrogen (secondary N) is 2. The number of aromatic amines is 1. The minimum Gasteiger partial charge on any atom is -0.395 e. The number of nitrogens with two attached hydrogens (primary N) is 1. The van der Waals surface area contributed by atoms with Gasteiger partial charge in [0.15, 0.2) is 5.95 Å². The molecule has 8 nitrogen and oxygen atoms in total. The van der Waals surface area contributed by atoms with Gasteiger partial charge in [0.2, 0.25) is 0 Å². The molecule has 2 rings (SSSR count). The summed E-state index contributed by atoms with van der Waals surface area (Å²) in [6.45, 7) is -0.342. The second-order valence-electron chi connectivity index (χ2n) is 4.22. The molecule has 2 heterocycles. The van der Waals surface area contributed by atoms with Gasteiger partial charge in [-0.05, 0) is 0 Å². The Morgan fingerprint density at radius 3 is 2.84 bits per heavy atom. The van der Waals surface area contributed by atoms with Gasteiger partial charge in [-0.3, -0.25) is 4.98 Å². The second kappa shape index (κ2) is 5.93. The Hall–Kier alpha value is -1.74. The molecule has 19 heavy (non-hydrogen) atoms. The molecule has 0 fully saturated rings. The van der Waals surface area contributed by atoms with Crippen LogP contribution in [-0.2, 0) is 6.54 Å². The maximum Gasteiger partial charge on any atom is 0.198 e. The zero-order valence-electron chi connectivity index (χ0n) is 10.2. The first-order valence-corrected chi connectivity index (χ1v) is 5.87. The zero-order chi connectivity index (χ0) is 13.8. The summed E-state index contributed by atoms with van der Waals surface area (Å²) in [6, 6.07) is -0.609. The van der Waals surface area contributed by atoms with Gasteiger partial charge in [-0.25, -0.2) is 4.98 Å². The fraction of sp³-hybridized carbons (Fsp3) is 0.455. The molecule has 0 aromatic carbocycles. The number of nitrogen functional groups attached to an aromatic ring is 1. The Bertz CT molecular complexity index is 503. The summed E-state index contributed by atoms with van der Waals surface area (Å²) < 4.78 is 0.